The van der Waals surface area contributed by atoms with Gasteiger partial charge in [-0.25, -0.2) is 9.97 Å². The van der Waals surface area contributed by atoms with Gasteiger partial charge in [0.25, 0.3) is 0 Å². The summed E-state index contributed by atoms with van der Waals surface area (Å²) in [7, 11) is 4.23. The Bertz CT molecular complexity index is 1500. The van der Waals surface area contributed by atoms with E-state index in [-0.39, 0.29) is 12.4 Å². The molecule has 0 unspecified atom stereocenters. The molecule has 0 radical (unpaired) electrons. The summed E-state index contributed by atoms with van der Waals surface area (Å²) in [6.07, 6.45) is 0. The summed E-state index contributed by atoms with van der Waals surface area (Å²) in [6, 6.07) is 21.2. The van der Waals surface area contributed by atoms with Crippen LogP contribution >= 0.6 is 24.0 Å². The number of hydrogen-bond donors (Lipinski definition) is 2. The zero-order valence-corrected chi connectivity index (χ0v) is 22.6. The molecule has 1 fully saturated rings. The van der Waals surface area contributed by atoms with Gasteiger partial charge in [0.2, 0.25) is 0 Å². The number of H-pyrrole nitrogens is 2. The van der Waals surface area contributed by atoms with Crippen molar-refractivity contribution in [1.29, 1.82) is 0 Å². The zero-order valence-electron chi connectivity index (χ0n) is 21.0. The third-order valence-corrected chi connectivity index (χ3v) is 7.26. The minimum absolute atomic E-state index is 0. The van der Waals surface area contributed by atoms with Gasteiger partial charge >= 0.3 is 0 Å². The average Bonchev–Trinajstić information content (AvgIpc) is 3.53. The van der Waals surface area contributed by atoms with Crippen LogP contribution in [-0.2, 0) is 0 Å². The van der Waals surface area contributed by atoms with Crippen molar-refractivity contribution in [2.45, 2.75) is 0 Å². The van der Waals surface area contributed by atoms with Gasteiger partial charge in [-0.05, 0) is 67.7 Å². The van der Waals surface area contributed by atoms with Crippen molar-refractivity contribution in [2.24, 2.45) is 0 Å². The highest BCUT2D eigenvalue weighted by Crippen LogP contribution is 2.29. The number of alkyl halides is 1. The number of anilines is 2. The molecule has 7 nitrogen and oxygen atoms in total. The summed E-state index contributed by atoms with van der Waals surface area (Å²) in [5, 5.41) is 0. The quantitative estimate of drug-likeness (QED) is 0.276. The van der Waals surface area contributed by atoms with Crippen LogP contribution in [0, 0.1) is 0 Å². The van der Waals surface area contributed by atoms with Crippen molar-refractivity contribution in [1.82, 2.24) is 24.8 Å². The molecule has 0 saturated carbocycles. The Balaban J connectivity index is 0.00000280. The fourth-order valence-corrected chi connectivity index (χ4v) is 5.07. The molecule has 192 valence electrons. The van der Waals surface area contributed by atoms with Crippen LogP contribution in [-0.4, -0.2) is 77.5 Å². The number of likely N-dealkylation sites (N-methyl/N-ethyl adjacent to an activating group) is 1. The Morgan fingerprint density at radius 2 is 1.41 bits per heavy atom. The van der Waals surface area contributed by atoms with E-state index >= 15 is 0 Å². The maximum atomic E-state index is 5.88. The first-order chi connectivity index (χ1) is 17.6. The lowest BCUT2D eigenvalue weighted by molar-refractivity contribution is 0.313. The predicted octanol–water partition coefficient (Wildman–Crippen LogP) is 5.62. The second-order valence-corrected chi connectivity index (χ2v) is 9.93. The first-order valence-electron chi connectivity index (χ1n) is 12.4. The molecule has 0 aliphatic carbocycles. The number of nitrogens with one attached hydrogen (secondary N) is 2. The normalized spacial score (nSPS) is 14.3. The minimum atomic E-state index is 0. The van der Waals surface area contributed by atoms with Crippen LogP contribution in [0.25, 0.3) is 44.8 Å². The van der Waals surface area contributed by atoms with Gasteiger partial charge in [-0.15, -0.1) is 24.0 Å². The van der Waals surface area contributed by atoms with E-state index in [1.165, 1.54) is 5.69 Å². The molecule has 3 aromatic carbocycles. The van der Waals surface area contributed by atoms with Gasteiger partial charge in [-0.3, -0.25) is 0 Å². The van der Waals surface area contributed by atoms with E-state index in [0.717, 1.165) is 83.3 Å². The van der Waals surface area contributed by atoms with E-state index < -0.39 is 0 Å². The highest BCUT2D eigenvalue weighted by Gasteiger charge is 2.16. The highest BCUT2D eigenvalue weighted by molar-refractivity contribution is 6.18. The first kappa shape index (κ1) is 25.4. The molecule has 0 amide bonds. The predicted molar refractivity (Wildman–Crippen MR) is 158 cm³/mol. The van der Waals surface area contributed by atoms with Crippen LogP contribution < -0.4 is 9.80 Å². The second-order valence-electron chi connectivity index (χ2n) is 9.55. The van der Waals surface area contributed by atoms with Gasteiger partial charge in [-0.1, -0.05) is 0 Å². The average molecular weight is 537 g/mol. The Hall–Kier alpha value is -3.26. The van der Waals surface area contributed by atoms with Gasteiger partial charge in [0.05, 0.1) is 22.1 Å². The maximum absolute atomic E-state index is 5.88. The van der Waals surface area contributed by atoms with E-state index in [1.54, 1.807) is 0 Å². The lowest BCUT2D eigenvalue weighted by Crippen LogP contribution is -2.44. The number of piperazine rings is 1. The van der Waals surface area contributed by atoms with Gasteiger partial charge < -0.3 is 24.7 Å². The lowest BCUT2D eigenvalue weighted by Gasteiger charge is -2.34. The Morgan fingerprint density at radius 1 is 0.811 bits per heavy atom. The van der Waals surface area contributed by atoms with Gasteiger partial charge in [-0.2, -0.15) is 0 Å². The molecular formula is C28H31Cl2N7. The summed E-state index contributed by atoms with van der Waals surface area (Å²) < 4.78 is 0. The fraction of sp³-hybridized carbons (Fsp3) is 0.286. The van der Waals surface area contributed by atoms with Gasteiger partial charge in [0.1, 0.15) is 11.6 Å². The summed E-state index contributed by atoms with van der Waals surface area (Å²) >= 11 is 5.88. The number of imidazole rings is 2. The summed E-state index contributed by atoms with van der Waals surface area (Å²) in [6.45, 7) is 5.10. The van der Waals surface area contributed by atoms with Crippen molar-refractivity contribution in [2.75, 3.05) is 62.5 Å². The summed E-state index contributed by atoms with van der Waals surface area (Å²) in [4.78, 5) is 23.7. The smallest absolute Gasteiger partial charge is 0.138 e. The number of halogens is 2. The number of aromatic nitrogens is 4. The molecule has 0 spiro atoms. The number of hydrogen-bond acceptors (Lipinski definition) is 5. The molecule has 2 aromatic heterocycles. The minimum Gasteiger partial charge on any atom is -0.373 e. The Kier molecular flexibility index (Phi) is 7.29. The van der Waals surface area contributed by atoms with Crippen LogP contribution in [0.4, 0.5) is 11.4 Å². The molecule has 1 aliphatic rings. The third kappa shape index (κ3) is 5.12. The molecule has 0 atom stereocenters. The van der Waals surface area contributed by atoms with E-state index in [0.29, 0.717) is 5.88 Å². The topological polar surface area (TPSA) is 67.1 Å². The molecule has 5 aromatic rings. The molecule has 2 N–H and O–H groups in total. The lowest BCUT2D eigenvalue weighted by atomic mass is 10.2. The van der Waals surface area contributed by atoms with Crippen LogP contribution in [0.2, 0.25) is 0 Å². The van der Waals surface area contributed by atoms with Crippen LogP contribution in [0.5, 0.6) is 0 Å². The number of fused-ring (bicyclic) bond motifs is 2. The molecule has 1 saturated heterocycles. The number of rotatable bonds is 6. The van der Waals surface area contributed by atoms with E-state index in [4.69, 9.17) is 21.6 Å². The van der Waals surface area contributed by atoms with Crippen molar-refractivity contribution < 1.29 is 0 Å². The summed E-state index contributed by atoms with van der Waals surface area (Å²) in [5.74, 6) is 2.33. The highest BCUT2D eigenvalue weighted by atomic mass is 35.5. The van der Waals surface area contributed by atoms with Gasteiger partial charge in [0, 0.05) is 68.2 Å². The fourth-order valence-electron chi connectivity index (χ4n) is 4.82. The van der Waals surface area contributed by atoms with E-state index in [9.17, 15) is 0 Å². The number of nitrogens with zero attached hydrogens (tertiary/aromatic N) is 5. The van der Waals surface area contributed by atoms with Crippen LogP contribution in [0.3, 0.4) is 0 Å². The van der Waals surface area contributed by atoms with Crippen molar-refractivity contribution in [3.63, 3.8) is 0 Å². The molecule has 0 bridgehead atoms. The van der Waals surface area contributed by atoms with Gasteiger partial charge in [0.15, 0.2) is 0 Å². The number of aromatic amines is 2. The maximum Gasteiger partial charge on any atom is 0.138 e. The Morgan fingerprint density at radius 3 is 2.08 bits per heavy atom. The van der Waals surface area contributed by atoms with Crippen LogP contribution in [0.1, 0.15) is 0 Å². The molecule has 3 heterocycles. The monoisotopic (exact) mass is 535 g/mol. The zero-order chi connectivity index (χ0) is 24.6. The second kappa shape index (κ2) is 10.6. The molecular weight excluding hydrogens is 505 g/mol. The summed E-state index contributed by atoms with van der Waals surface area (Å²) in [5.41, 5.74) is 8.44. The SMILES string of the molecule is CN1CCN(c2ccc3nc(-c4ccc5nc(-c6ccc(N(C)CCCl)cc6)[nH]c5c4)[nH]c3c2)CC1.Cl. The standard InChI is InChI=1S/C28H30ClN7.ClH/c1-34-13-15-36(16-14-34)22-8-10-24-26(18-22)33-28(31-24)20-5-9-23-25(17-20)32-27(30-23)19-3-6-21(7-4-19)35(2)12-11-29;/h3-10,17-18H,11-16H2,1-2H3,(H,30,32)(H,31,33);1H. The third-order valence-electron chi connectivity index (χ3n) is 7.09. The molecule has 37 heavy (non-hydrogen) atoms. The molecule has 1 aliphatic heterocycles. The largest absolute Gasteiger partial charge is 0.373 e. The number of benzene rings is 3. The Labute approximate surface area is 227 Å². The molecule has 9 heteroatoms. The van der Waals surface area contributed by atoms with Crippen LogP contribution in [0.15, 0.2) is 60.7 Å². The molecule has 6 rings (SSSR count). The van der Waals surface area contributed by atoms with E-state index in [2.05, 4.69) is 92.4 Å². The van der Waals surface area contributed by atoms with Crippen molar-refractivity contribution in [3.05, 3.63) is 60.7 Å². The first-order valence-corrected chi connectivity index (χ1v) is 12.9. The van der Waals surface area contributed by atoms with E-state index in [1.807, 2.05) is 7.05 Å². The van der Waals surface area contributed by atoms with Crippen molar-refractivity contribution >= 4 is 57.4 Å². The van der Waals surface area contributed by atoms with Crippen molar-refractivity contribution in [3.8, 4) is 22.8 Å².